The standard InChI is InChI=1S/C18H19ClN2O3.C13H11ClN2O.C12H10BrClN2.C7H5BrN2.C7H5ClO.C5H5BrN2.5CH4/c1-18(2,3)24-17(23)21(11-13-4-7-15(19)8-5-13)16-9-6-14(12-22)10-20-16;14-12-4-1-10(2-5-12)7-15-13-6-3-11(9-17)8-16-13;13-10-3-6-12(16-8-10)15-7-9-1-4-11(14)5-2-9;8-6-3-5-1-2-9-7(5)10-4-6;8-7-3-1-6(5-9)2-4-7;6-4-1-2-5(7)8-3-4;;;;;/h4-10,12H,11H2,1-3H3;1-6,8-9H,7H2,(H,15,16);1-6,8H,7H2,(H,15,16);1-4H,(H,9,10);1-5H;1-3H,(H2,7,8);5*1H4. The van der Waals surface area contributed by atoms with Crippen molar-refractivity contribution in [1.29, 1.82) is 0 Å². The van der Waals surface area contributed by atoms with Crippen molar-refractivity contribution < 1.29 is 23.9 Å². The van der Waals surface area contributed by atoms with Gasteiger partial charge in [0.25, 0.3) is 0 Å². The van der Waals surface area contributed by atoms with Crippen molar-refractivity contribution in [2.75, 3.05) is 21.3 Å². The molecule has 0 fully saturated rings. The molecule has 0 aliphatic heterocycles. The van der Waals surface area contributed by atoms with Gasteiger partial charge in [-0.05, 0) is 194 Å². The van der Waals surface area contributed by atoms with Crippen molar-refractivity contribution in [1.82, 2.24) is 29.9 Å². The number of nitrogen functional groups attached to an aromatic ring is 1. The minimum Gasteiger partial charge on any atom is -0.443 e. The smallest absolute Gasteiger partial charge is 0.416 e. The van der Waals surface area contributed by atoms with Crippen LogP contribution >= 0.6 is 94.2 Å². The molecule has 5 N–H and O–H groups in total. The molecule has 15 nitrogen and oxygen atoms in total. The van der Waals surface area contributed by atoms with E-state index in [2.05, 4.69) is 88.3 Å². The van der Waals surface area contributed by atoms with Crippen molar-refractivity contribution in [2.45, 2.75) is 83.1 Å². The number of fused-ring (bicyclic) bond motifs is 1. The maximum atomic E-state index is 12.6. The fourth-order valence-electron chi connectivity index (χ4n) is 6.45. The maximum absolute atomic E-state index is 12.6. The second-order valence-electron chi connectivity index (χ2n) is 18.3. The third-order valence-electron chi connectivity index (χ3n) is 10.6. The molecule has 10 aromatic rings. The summed E-state index contributed by atoms with van der Waals surface area (Å²) in [7, 11) is 0. The summed E-state index contributed by atoms with van der Waals surface area (Å²) in [6, 6.07) is 47.5. The van der Waals surface area contributed by atoms with Gasteiger partial charge < -0.3 is 26.1 Å². The van der Waals surface area contributed by atoms with Gasteiger partial charge in [-0.25, -0.2) is 29.7 Å². The molecule has 10 rings (SSSR count). The van der Waals surface area contributed by atoms with Crippen LogP contribution in [0.1, 0.15) is 106 Å². The number of aromatic nitrogens is 6. The number of carbonyl (C=O) groups is 4. The molecule has 0 bridgehead atoms. The van der Waals surface area contributed by atoms with E-state index in [0.29, 0.717) is 51.2 Å². The molecule has 472 valence electrons. The Kier molecular flexibility index (Phi) is 39.5. The number of ether oxygens (including phenoxy) is 1. The van der Waals surface area contributed by atoms with Crippen LogP contribution in [0, 0.1) is 0 Å². The molecule has 0 spiro atoms. The Morgan fingerprint density at radius 3 is 1.34 bits per heavy atom. The quantitative estimate of drug-likeness (QED) is 0.0840. The molecule has 0 aliphatic rings. The first kappa shape index (κ1) is 81.5. The van der Waals surface area contributed by atoms with Gasteiger partial charge >= 0.3 is 6.09 Å². The van der Waals surface area contributed by atoms with Crippen molar-refractivity contribution in [3.63, 3.8) is 0 Å². The van der Waals surface area contributed by atoms with E-state index in [-0.39, 0.29) is 43.7 Å². The molecule has 0 atom stereocenters. The zero-order valence-corrected chi connectivity index (χ0v) is 53.1. The first-order valence-corrected chi connectivity index (χ1v) is 29.0. The predicted molar refractivity (Wildman–Crippen MR) is 383 cm³/mol. The third kappa shape index (κ3) is 32.0. The number of nitrogens with zero attached hydrogens (tertiary/aromatic N) is 6. The Morgan fingerprint density at radius 2 is 0.933 bits per heavy atom. The van der Waals surface area contributed by atoms with Gasteiger partial charge in [-0.2, -0.15) is 0 Å². The number of aldehydes is 3. The van der Waals surface area contributed by atoms with Crippen molar-refractivity contribution in [3.05, 3.63) is 262 Å². The number of rotatable bonds is 12. The lowest BCUT2D eigenvalue weighted by atomic mass is 10.2. The molecular weight excluding hydrogens is 1410 g/mol. The van der Waals surface area contributed by atoms with Gasteiger partial charge in [-0.1, -0.05) is 132 Å². The van der Waals surface area contributed by atoms with E-state index in [9.17, 15) is 19.2 Å². The van der Waals surface area contributed by atoms with Gasteiger partial charge in [-0.15, -0.1) is 0 Å². The van der Waals surface area contributed by atoms with Gasteiger partial charge in [0.15, 0.2) is 12.6 Å². The van der Waals surface area contributed by atoms with E-state index in [1.807, 2.05) is 97.2 Å². The molecule has 0 saturated carbocycles. The number of aromatic amines is 1. The van der Waals surface area contributed by atoms with Crippen LogP contribution in [-0.2, 0) is 24.4 Å². The summed E-state index contributed by atoms with van der Waals surface area (Å²) in [4.78, 5) is 68.8. The van der Waals surface area contributed by atoms with Crippen LogP contribution in [0.25, 0.3) is 11.0 Å². The van der Waals surface area contributed by atoms with Crippen molar-refractivity contribution in [3.8, 4) is 0 Å². The van der Waals surface area contributed by atoms with E-state index < -0.39 is 11.7 Å². The fourth-order valence-corrected chi connectivity index (χ4v) is 7.77. The third-order valence-corrected chi connectivity index (χ3v) is 13.0. The number of nitrogens with two attached hydrogens (primary N) is 1. The fraction of sp³-hybridized carbons (Fsp3) is 0.179. The highest BCUT2D eigenvalue weighted by molar-refractivity contribution is 9.11. The molecule has 0 saturated heterocycles. The number of nitrogens with one attached hydrogen (secondary N) is 3. The highest BCUT2D eigenvalue weighted by Crippen LogP contribution is 2.22. The molecule has 89 heavy (non-hydrogen) atoms. The van der Waals surface area contributed by atoms with Gasteiger partial charge in [0.05, 0.1) is 6.54 Å². The number of pyridine rings is 5. The van der Waals surface area contributed by atoms with Gasteiger partial charge in [0, 0.05) is 106 Å². The largest absolute Gasteiger partial charge is 0.443 e. The Hall–Kier alpha value is -7.55. The van der Waals surface area contributed by atoms with Gasteiger partial charge in [-0.3, -0.25) is 19.3 Å². The number of anilines is 4. The Morgan fingerprint density at radius 1 is 0.517 bits per heavy atom. The summed E-state index contributed by atoms with van der Waals surface area (Å²) >= 11 is 33.0. The summed E-state index contributed by atoms with van der Waals surface area (Å²) in [5.74, 6) is 2.56. The van der Waals surface area contributed by atoms with Crippen LogP contribution in [0.15, 0.2) is 208 Å². The van der Waals surface area contributed by atoms with Crippen LogP contribution in [0.2, 0.25) is 20.1 Å². The summed E-state index contributed by atoms with van der Waals surface area (Å²) < 4.78 is 8.40. The molecule has 6 aromatic heterocycles. The zero-order valence-electron chi connectivity index (χ0n) is 45.3. The van der Waals surface area contributed by atoms with Crippen LogP contribution < -0.4 is 21.3 Å². The number of hydrogen-bond acceptors (Lipinski definition) is 13. The summed E-state index contributed by atoms with van der Waals surface area (Å²) in [5, 5.41) is 10.3. The van der Waals surface area contributed by atoms with E-state index in [4.69, 9.17) is 56.9 Å². The average molecular weight is 1480 g/mol. The number of hydrogen-bond donors (Lipinski definition) is 4. The second-order valence-corrected chi connectivity index (χ2v) is 22.8. The van der Waals surface area contributed by atoms with E-state index >= 15 is 0 Å². The second kappa shape index (κ2) is 43.2. The highest BCUT2D eigenvalue weighted by atomic mass is 79.9. The minimum atomic E-state index is -0.627. The van der Waals surface area contributed by atoms with Crippen molar-refractivity contribution in [2.24, 2.45) is 0 Å². The highest BCUT2D eigenvalue weighted by Gasteiger charge is 2.24. The van der Waals surface area contributed by atoms with Crippen LogP contribution in [0.5, 0.6) is 0 Å². The number of H-pyrrole nitrogens is 1. The molecule has 0 unspecified atom stereocenters. The minimum absolute atomic E-state index is 0. The summed E-state index contributed by atoms with van der Waals surface area (Å²) in [5.41, 5.74) is 10.4. The monoisotopic (exact) mass is 1480 g/mol. The van der Waals surface area contributed by atoms with Crippen LogP contribution in [0.3, 0.4) is 0 Å². The lowest BCUT2D eigenvalue weighted by molar-refractivity contribution is 0.0576. The number of halogens is 7. The first-order chi connectivity index (χ1) is 40.3. The maximum Gasteiger partial charge on any atom is 0.416 e. The van der Waals surface area contributed by atoms with E-state index in [1.54, 1.807) is 106 Å². The molecule has 6 heterocycles. The number of benzene rings is 4. The molecule has 22 heteroatoms. The molecular formula is C67H75Br3Cl4N10O5. The topological polar surface area (TPSA) is 211 Å². The lowest BCUT2D eigenvalue weighted by Crippen LogP contribution is -2.37. The average Bonchev–Trinajstić information content (AvgIpc) is 3.80. The van der Waals surface area contributed by atoms with Gasteiger partial charge in [0.2, 0.25) is 0 Å². The molecule has 1 amide bonds. The molecule has 0 aliphatic carbocycles. The van der Waals surface area contributed by atoms with Crippen LogP contribution in [-0.4, -0.2) is 60.5 Å². The van der Waals surface area contributed by atoms with Crippen LogP contribution in [0.4, 0.5) is 28.1 Å². The molecule has 4 aromatic carbocycles. The molecule has 0 radical (unpaired) electrons. The normalized spacial score (nSPS) is 9.60. The number of amides is 1. The Labute approximate surface area is 569 Å². The first-order valence-electron chi connectivity index (χ1n) is 25.1. The summed E-state index contributed by atoms with van der Waals surface area (Å²) in [6.07, 6.45) is 11.8. The van der Waals surface area contributed by atoms with Crippen molar-refractivity contribution >= 4 is 153 Å². The number of carbonyl (C=O) groups excluding carboxylic acids is 4. The Balaban J connectivity index is 0.00000107. The zero-order chi connectivity index (χ0) is 60.9. The SMILES string of the molecule is Brc1cnc2[nH]ccc2c1.C.C.C.C.C.CC(C)(C)OC(=O)N(Cc1ccc(Cl)cc1)c1ccc(C=O)cn1.Clc1ccc(CNc2ccc(Br)cn2)cc1.Nc1ccc(Br)cn1.O=Cc1ccc(Cl)cc1.O=Cc1ccc(NCc2ccc(Cl)cc2)nc1. The van der Waals surface area contributed by atoms with E-state index in [0.717, 1.165) is 76.4 Å². The predicted octanol–water partition coefficient (Wildman–Crippen LogP) is 20.8. The summed E-state index contributed by atoms with van der Waals surface area (Å²) in [6.45, 7) is 7.09. The van der Waals surface area contributed by atoms with E-state index in [1.165, 1.54) is 22.9 Å². The lowest BCUT2D eigenvalue weighted by Gasteiger charge is -2.27. The van der Waals surface area contributed by atoms with Gasteiger partial charge in [0.1, 0.15) is 40.8 Å². The Bertz CT molecular complexity index is 3520.